The van der Waals surface area contributed by atoms with Crippen molar-refractivity contribution in [3.05, 3.63) is 99.0 Å². The highest BCUT2D eigenvalue weighted by Gasteiger charge is 2.31. The van der Waals surface area contributed by atoms with Gasteiger partial charge in [-0.25, -0.2) is 0 Å². The molecule has 0 heterocycles. The van der Waals surface area contributed by atoms with Gasteiger partial charge in [0, 0.05) is 24.5 Å². The molecule has 0 spiro atoms. The molecule has 0 bridgehead atoms. The Morgan fingerprint density at radius 2 is 1.70 bits per heavy atom. The molecule has 3 aromatic carbocycles. The summed E-state index contributed by atoms with van der Waals surface area (Å²) in [4.78, 5) is 28.5. The Hall–Kier alpha value is -2.83. The van der Waals surface area contributed by atoms with Gasteiger partial charge >= 0.3 is 0 Å². The molecule has 5 nitrogen and oxygen atoms in total. The number of halogens is 2. The molecule has 0 aliphatic carbocycles. The molecule has 3 rings (SSSR count). The van der Waals surface area contributed by atoms with Crippen molar-refractivity contribution < 1.29 is 14.3 Å². The van der Waals surface area contributed by atoms with Gasteiger partial charge in [-0.15, -0.1) is 0 Å². The lowest BCUT2D eigenvalue weighted by Gasteiger charge is -2.31. The second-order valence-corrected chi connectivity index (χ2v) is 11.2. The van der Waals surface area contributed by atoms with Crippen molar-refractivity contribution >= 4 is 39.3 Å². The molecule has 0 radical (unpaired) electrons. The van der Waals surface area contributed by atoms with E-state index in [1.54, 1.807) is 11.0 Å². The highest BCUT2D eigenvalue weighted by atomic mass is 79.9. The number of nitrogens with one attached hydrogen (secondary N) is 1. The zero-order chi connectivity index (χ0) is 27.0. The van der Waals surface area contributed by atoms with Crippen LogP contribution in [0, 0.1) is 0 Å². The topological polar surface area (TPSA) is 58.6 Å². The van der Waals surface area contributed by atoms with E-state index >= 15 is 0 Å². The second-order valence-electron chi connectivity index (χ2n) is 9.90. The molecule has 0 saturated carbocycles. The summed E-state index contributed by atoms with van der Waals surface area (Å²) in [5, 5.41) is 3.43. The summed E-state index contributed by atoms with van der Waals surface area (Å²) in [5.41, 5.74) is 2.85. The Morgan fingerprint density at radius 1 is 1.03 bits per heavy atom. The number of likely N-dealkylation sites (N-methyl/N-ethyl adjacent to an activating group) is 1. The minimum Gasteiger partial charge on any atom is -0.483 e. The molecule has 0 aromatic heterocycles. The number of carbonyl (C=O) groups excluding carboxylic acids is 2. The fraction of sp³-hybridized carbons (Fsp3) is 0.333. The number of ether oxygens (including phenoxy) is 1. The van der Waals surface area contributed by atoms with Crippen LogP contribution >= 0.6 is 27.5 Å². The van der Waals surface area contributed by atoms with Crippen LogP contribution in [-0.2, 0) is 28.0 Å². The highest BCUT2D eigenvalue weighted by Crippen LogP contribution is 2.31. The van der Waals surface area contributed by atoms with E-state index in [1.807, 2.05) is 73.7 Å². The fourth-order valence-electron chi connectivity index (χ4n) is 3.96. The van der Waals surface area contributed by atoms with E-state index < -0.39 is 6.04 Å². The number of amides is 2. The third kappa shape index (κ3) is 8.08. The van der Waals surface area contributed by atoms with Gasteiger partial charge < -0.3 is 15.0 Å². The van der Waals surface area contributed by atoms with Gasteiger partial charge in [0.1, 0.15) is 11.8 Å². The third-order valence-corrected chi connectivity index (χ3v) is 7.06. The van der Waals surface area contributed by atoms with Crippen LogP contribution in [0.5, 0.6) is 5.75 Å². The molecule has 37 heavy (non-hydrogen) atoms. The van der Waals surface area contributed by atoms with E-state index in [1.165, 1.54) is 0 Å². The lowest BCUT2D eigenvalue weighted by Crippen LogP contribution is -2.51. The summed E-state index contributed by atoms with van der Waals surface area (Å²) >= 11 is 10.0. The smallest absolute Gasteiger partial charge is 0.261 e. The van der Waals surface area contributed by atoms with Gasteiger partial charge in [-0.2, -0.15) is 0 Å². The van der Waals surface area contributed by atoms with Crippen molar-refractivity contribution in [1.82, 2.24) is 10.2 Å². The van der Waals surface area contributed by atoms with Crippen LogP contribution in [-0.4, -0.2) is 35.9 Å². The number of rotatable bonds is 10. The molecule has 1 atom stereocenters. The first-order valence-corrected chi connectivity index (χ1v) is 13.5. The van der Waals surface area contributed by atoms with E-state index in [9.17, 15) is 9.59 Å². The summed E-state index contributed by atoms with van der Waals surface area (Å²) in [7, 11) is 0. The molecule has 0 aliphatic heterocycles. The Balaban J connectivity index is 1.90. The Kier molecular flexibility index (Phi) is 10.2. The molecule has 7 heteroatoms. The monoisotopic (exact) mass is 584 g/mol. The quantitative estimate of drug-likeness (QED) is 0.293. The van der Waals surface area contributed by atoms with Crippen molar-refractivity contribution in [2.24, 2.45) is 0 Å². The molecule has 1 N–H and O–H groups in total. The Bertz CT molecular complexity index is 1210. The standard InChI is InChI=1S/C30H34BrClN2O3/c1-5-33-29(36)26(17-21-11-7-6-8-12-21)34(19-22-13-9-10-14-25(22)32)28(35)20-37-27-16-15-23(18-24(27)31)30(2,3)4/h6-16,18,26H,5,17,19-20H2,1-4H3,(H,33,36)/t26-/m0/s1. The molecule has 0 fully saturated rings. The van der Waals surface area contributed by atoms with E-state index in [-0.39, 0.29) is 30.4 Å². The minimum atomic E-state index is -0.735. The van der Waals surface area contributed by atoms with Gasteiger partial charge in [0.2, 0.25) is 5.91 Å². The summed E-state index contributed by atoms with van der Waals surface area (Å²) in [6.07, 6.45) is 0.368. The van der Waals surface area contributed by atoms with Crippen molar-refractivity contribution in [2.75, 3.05) is 13.2 Å². The zero-order valence-corrected chi connectivity index (χ0v) is 24.1. The van der Waals surface area contributed by atoms with Gasteiger partial charge in [0.05, 0.1) is 4.47 Å². The number of benzene rings is 3. The van der Waals surface area contributed by atoms with Crippen molar-refractivity contribution in [2.45, 2.75) is 52.1 Å². The molecule has 2 amide bonds. The molecular weight excluding hydrogens is 552 g/mol. The van der Waals surface area contributed by atoms with Crippen LogP contribution in [0.1, 0.15) is 44.4 Å². The van der Waals surface area contributed by atoms with Crippen LogP contribution in [0.4, 0.5) is 0 Å². The summed E-state index contributed by atoms with van der Waals surface area (Å²) < 4.78 is 6.73. The van der Waals surface area contributed by atoms with Crippen LogP contribution in [0.3, 0.4) is 0 Å². The molecular formula is C30H34BrClN2O3. The van der Waals surface area contributed by atoms with Crippen LogP contribution in [0.2, 0.25) is 5.02 Å². The molecule has 3 aromatic rings. The number of hydrogen-bond acceptors (Lipinski definition) is 3. The Morgan fingerprint density at radius 3 is 2.32 bits per heavy atom. The third-order valence-electron chi connectivity index (χ3n) is 6.07. The fourth-order valence-corrected chi connectivity index (χ4v) is 4.65. The van der Waals surface area contributed by atoms with Crippen molar-refractivity contribution in [1.29, 1.82) is 0 Å². The normalized spacial score (nSPS) is 12.1. The minimum absolute atomic E-state index is 0.0140. The van der Waals surface area contributed by atoms with Gasteiger partial charge in [-0.1, -0.05) is 87.0 Å². The molecule has 196 valence electrons. The average molecular weight is 586 g/mol. The van der Waals surface area contributed by atoms with E-state index in [4.69, 9.17) is 16.3 Å². The van der Waals surface area contributed by atoms with Gasteiger partial charge in [-0.05, 0) is 63.2 Å². The largest absolute Gasteiger partial charge is 0.483 e. The molecule has 0 saturated heterocycles. The highest BCUT2D eigenvalue weighted by molar-refractivity contribution is 9.10. The predicted molar refractivity (Wildman–Crippen MR) is 153 cm³/mol. The van der Waals surface area contributed by atoms with E-state index in [0.29, 0.717) is 23.7 Å². The number of hydrogen-bond donors (Lipinski definition) is 1. The average Bonchev–Trinajstić information content (AvgIpc) is 2.86. The first kappa shape index (κ1) is 28.7. The lowest BCUT2D eigenvalue weighted by atomic mass is 9.87. The summed E-state index contributed by atoms with van der Waals surface area (Å²) in [5.74, 6) is 0.0398. The number of carbonyl (C=O) groups is 2. The van der Waals surface area contributed by atoms with Crippen molar-refractivity contribution in [3.8, 4) is 5.75 Å². The van der Waals surface area contributed by atoms with Crippen LogP contribution in [0.25, 0.3) is 0 Å². The van der Waals surface area contributed by atoms with Crippen LogP contribution in [0.15, 0.2) is 77.3 Å². The molecule has 0 aliphatic rings. The van der Waals surface area contributed by atoms with Crippen molar-refractivity contribution in [3.63, 3.8) is 0 Å². The number of nitrogens with zero attached hydrogens (tertiary/aromatic N) is 1. The summed E-state index contributed by atoms with van der Waals surface area (Å²) in [6, 6.07) is 22.2. The van der Waals surface area contributed by atoms with E-state index in [0.717, 1.165) is 21.2 Å². The first-order chi connectivity index (χ1) is 17.6. The van der Waals surface area contributed by atoms with E-state index in [2.05, 4.69) is 42.0 Å². The van der Waals surface area contributed by atoms with Gasteiger partial charge in [0.25, 0.3) is 5.91 Å². The first-order valence-electron chi connectivity index (χ1n) is 12.4. The van der Waals surface area contributed by atoms with Crippen LogP contribution < -0.4 is 10.1 Å². The summed E-state index contributed by atoms with van der Waals surface area (Å²) in [6.45, 7) is 8.70. The Labute approximate surface area is 233 Å². The lowest BCUT2D eigenvalue weighted by molar-refractivity contribution is -0.142. The predicted octanol–water partition coefficient (Wildman–Crippen LogP) is 6.56. The zero-order valence-electron chi connectivity index (χ0n) is 21.8. The second kappa shape index (κ2) is 13.1. The van der Waals surface area contributed by atoms with Gasteiger partial charge in [-0.3, -0.25) is 9.59 Å². The maximum atomic E-state index is 13.7. The maximum Gasteiger partial charge on any atom is 0.261 e. The van der Waals surface area contributed by atoms with Gasteiger partial charge in [0.15, 0.2) is 6.61 Å². The SMILES string of the molecule is CCNC(=O)[C@H](Cc1ccccc1)N(Cc1ccccc1Cl)C(=O)COc1ccc(C(C)(C)C)cc1Br. The maximum absolute atomic E-state index is 13.7. The molecule has 0 unspecified atom stereocenters.